The molecular formula is C25H21BrN2O4. The first kappa shape index (κ1) is 20.7. The molecular weight excluding hydrogens is 472 g/mol. The smallest absolute Gasteiger partial charge is 0.266 e. The molecule has 0 saturated carbocycles. The van der Waals surface area contributed by atoms with Crippen LogP contribution in [0.2, 0.25) is 0 Å². The Balaban J connectivity index is 1.63. The van der Waals surface area contributed by atoms with Crippen LogP contribution in [0.4, 0.5) is 11.4 Å². The molecule has 2 aliphatic heterocycles. The van der Waals surface area contributed by atoms with Crippen molar-refractivity contribution in [1.29, 1.82) is 0 Å². The van der Waals surface area contributed by atoms with Crippen LogP contribution in [0.15, 0.2) is 83.3 Å². The van der Waals surface area contributed by atoms with Gasteiger partial charge in [0.2, 0.25) is 5.91 Å². The number of hydrogen-bond donors (Lipinski definition) is 0. The lowest BCUT2D eigenvalue weighted by atomic mass is 9.76. The lowest BCUT2D eigenvalue weighted by Gasteiger charge is -2.32. The van der Waals surface area contributed by atoms with Crippen LogP contribution in [0.3, 0.4) is 0 Å². The molecule has 3 atom stereocenters. The third-order valence-electron chi connectivity index (χ3n) is 6.18. The van der Waals surface area contributed by atoms with Gasteiger partial charge in [0.25, 0.3) is 5.91 Å². The number of nitrogens with zero attached hydrogens (tertiary/aromatic N) is 2. The van der Waals surface area contributed by atoms with E-state index in [1.54, 1.807) is 36.4 Å². The predicted octanol–water partition coefficient (Wildman–Crippen LogP) is 4.90. The van der Waals surface area contributed by atoms with Crippen LogP contribution in [-0.4, -0.2) is 25.0 Å². The van der Waals surface area contributed by atoms with Crippen molar-refractivity contribution < 1.29 is 19.2 Å². The molecule has 0 aliphatic carbocycles. The fourth-order valence-corrected chi connectivity index (χ4v) is 4.83. The summed E-state index contributed by atoms with van der Waals surface area (Å²) >= 11 is 3.47. The number of fused-ring (bicyclic) bond motifs is 1. The molecule has 0 aromatic heterocycles. The number of ether oxygens (including phenoxy) is 1. The van der Waals surface area contributed by atoms with Gasteiger partial charge in [-0.15, -0.1) is 0 Å². The Hall–Kier alpha value is -3.16. The lowest BCUT2D eigenvalue weighted by molar-refractivity contribution is -0.128. The Morgan fingerprint density at radius 1 is 0.938 bits per heavy atom. The van der Waals surface area contributed by atoms with E-state index in [0.29, 0.717) is 11.4 Å². The fourth-order valence-electron chi connectivity index (χ4n) is 4.57. The van der Waals surface area contributed by atoms with Crippen molar-refractivity contribution in [2.75, 3.05) is 17.1 Å². The van der Waals surface area contributed by atoms with Gasteiger partial charge < -0.3 is 4.74 Å². The number of halogens is 1. The fraction of sp³-hybridized carbons (Fsp3) is 0.200. The van der Waals surface area contributed by atoms with E-state index < -0.39 is 17.6 Å². The zero-order valence-electron chi connectivity index (χ0n) is 17.6. The highest BCUT2D eigenvalue weighted by molar-refractivity contribution is 9.10. The van der Waals surface area contributed by atoms with E-state index in [4.69, 9.17) is 9.57 Å². The number of anilines is 2. The summed E-state index contributed by atoms with van der Waals surface area (Å²) in [6.45, 7) is 1.81. The van der Waals surface area contributed by atoms with Gasteiger partial charge in [0, 0.05) is 10.5 Å². The molecule has 2 aliphatic rings. The maximum atomic E-state index is 13.9. The summed E-state index contributed by atoms with van der Waals surface area (Å²) in [7, 11) is 1.55. The van der Waals surface area contributed by atoms with Crippen molar-refractivity contribution in [2.24, 2.45) is 5.41 Å². The zero-order valence-corrected chi connectivity index (χ0v) is 19.2. The number of hydrogen-bond acceptors (Lipinski definition) is 5. The van der Waals surface area contributed by atoms with Crippen LogP contribution in [0.25, 0.3) is 0 Å². The van der Waals surface area contributed by atoms with Gasteiger partial charge in [-0.05, 0) is 48.9 Å². The van der Waals surface area contributed by atoms with Crippen molar-refractivity contribution in [1.82, 2.24) is 0 Å². The molecule has 0 N–H and O–H groups in total. The Kier molecular flexibility index (Phi) is 5.03. The van der Waals surface area contributed by atoms with E-state index in [-0.39, 0.29) is 11.8 Å². The van der Waals surface area contributed by atoms with Gasteiger partial charge >= 0.3 is 0 Å². The minimum atomic E-state index is -1.12. The van der Waals surface area contributed by atoms with Crippen LogP contribution < -0.4 is 14.7 Å². The molecule has 0 bridgehead atoms. The van der Waals surface area contributed by atoms with Crippen molar-refractivity contribution in [3.05, 3.63) is 88.9 Å². The monoisotopic (exact) mass is 492 g/mol. The predicted molar refractivity (Wildman–Crippen MR) is 124 cm³/mol. The number of carbonyl (C=O) groups excluding carboxylic acids is 2. The molecule has 32 heavy (non-hydrogen) atoms. The van der Waals surface area contributed by atoms with E-state index in [1.807, 2.05) is 61.5 Å². The largest absolute Gasteiger partial charge is 0.497 e. The average Bonchev–Trinajstić information content (AvgIpc) is 3.23. The SMILES string of the molecule is COc1cccc(N2C(=O)C3ON(c4ccccc4)C(c4ccc(Br)cc4)C3(C)C2=O)c1. The van der Waals surface area contributed by atoms with Crippen molar-refractivity contribution >= 4 is 39.1 Å². The summed E-state index contributed by atoms with van der Waals surface area (Å²) in [4.78, 5) is 34.9. The van der Waals surface area contributed by atoms with Crippen LogP contribution in [0, 0.1) is 5.41 Å². The molecule has 2 saturated heterocycles. The average molecular weight is 493 g/mol. The summed E-state index contributed by atoms with van der Waals surface area (Å²) in [6.07, 6.45) is -0.949. The van der Waals surface area contributed by atoms with E-state index in [2.05, 4.69) is 15.9 Å². The Morgan fingerprint density at radius 3 is 2.31 bits per heavy atom. The Labute approximate surface area is 194 Å². The van der Waals surface area contributed by atoms with Gasteiger partial charge in [0.1, 0.15) is 11.2 Å². The summed E-state index contributed by atoms with van der Waals surface area (Å²) in [6, 6.07) is 23.7. The number of methoxy groups -OCH3 is 1. The normalized spacial score (nSPS) is 24.7. The minimum absolute atomic E-state index is 0.299. The van der Waals surface area contributed by atoms with E-state index in [1.165, 1.54) is 4.90 Å². The van der Waals surface area contributed by atoms with E-state index >= 15 is 0 Å². The summed E-state index contributed by atoms with van der Waals surface area (Å²) in [5.74, 6) is -0.111. The molecule has 6 nitrogen and oxygen atoms in total. The van der Waals surface area contributed by atoms with Crippen LogP contribution in [-0.2, 0) is 14.4 Å². The number of amides is 2. The first-order chi connectivity index (χ1) is 15.4. The van der Waals surface area contributed by atoms with E-state index in [9.17, 15) is 9.59 Å². The second-order valence-electron chi connectivity index (χ2n) is 8.06. The number of benzene rings is 3. The third kappa shape index (κ3) is 3.04. The van der Waals surface area contributed by atoms with Crippen LogP contribution in [0.1, 0.15) is 18.5 Å². The highest BCUT2D eigenvalue weighted by Gasteiger charge is 2.68. The maximum Gasteiger partial charge on any atom is 0.266 e. The topological polar surface area (TPSA) is 59.1 Å². The highest BCUT2D eigenvalue weighted by Crippen LogP contribution is 2.55. The number of rotatable bonds is 4. The molecule has 3 aromatic rings. The quantitative estimate of drug-likeness (QED) is 0.484. The van der Waals surface area contributed by atoms with Crippen molar-refractivity contribution in [3.8, 4) is 5.75 Å². The first-order valence-electron chi connectivity index (χ1n) is 10.2. The summed E-state index contributed by atoms with van der Waals surface area (Å²) < 4.78 is 6.22. The minimum Gasteiger partial charge on any atom is -0.497 e. The molecule has 3 unspecified atom stereocenters. The van der Waals surface area contributed by atoms with Crippen LogP contribution in [0.5, 0.6) is 5.75 Å². The van der Waals surface area contributed by atoms with Crippen molar-refractivity contribution in [3.63, 3.8) is 0 Å². The molecule has 162 valence electrons. The molecule has 0 spiro atoms. The van der Waals surface area contributed by atoms with E-state index in [0.717, 1.165) is 15.7 Å². The van der Waals surface area contributed by atoms with Gasteiger partial charge in [-0.25, -0.2) is 9.96 Å². The molecule has 0 radical (unpaired) electrons. The van der Waals surface area contributed by atoms with Crippen LogP contribution >= 0.6 is 15.9 Å². The van der Waals surface area contributed by atoms with Gasteiger partial charge in [0.05, 0.1) is 24.5 Å². The molecule has 2 heterocycles. The Bertz CT molecular complexity index is 1180. The standard InChI is InChI=1S/C25H21BrN2O4/c1-25-21(16-11-13-17(26)14-12-16)28(18-7-4-3-5-8-18)32-22(25)23(29)27(24(25)30)19-9-6-10-20(15-19)31-2/h3-15,21-22H,1-2H3. The summed E-state index contributed by atoms with van der Waals surface area (Å²) in [5.41, 5.74) is 1.02. The number of carbonyl (C=O) groups is 2. The highest BCUT2D eigenvalue weighted by atomic mass is 79.9. The molecule has 3 aromatic carbocycles. The van der Waals surface area contributed by atoms with Gasteiger partial charge in [-0.2, -0.15) is 0 Å². The first-order valence-corrected chi connectivity index (χ1v) is 11.0. The second-order valence-corrected chi connectivity index (χ2v) is 8.98. The zero-order chi connectivity index (χ0) is 22.5. The lowest BCUT2D eigenvalue weighted by Crippen LogP contribution is -2.41. The molecule has 2 fully saturated rings. The maximum absolute atomic E-state index is 13.9. The van der Waals surface area contributed by atoms with Gasteiger partial charge in [0.15, 0.2) is 6.10 Å². The summed E-state index contributed by atoms with van der Waals surface area (Å²) in [5, 5.41) is 1.70. The second kappa shape index (κ2) is 7.76. The third-order valence-corrected chi connectivity index (χ3v) is 6.71. The number of hydroxylamine groups is 1. The molecule has 5 rings (SSSR count). The van der Waals surface area contributed by atoms with Gasteiger partial charge in [-0.1, -0.05) is 52.3 Å². The molecule has 2 amide bonds. The number of para-hydroxylation sites is 1. The van der Waals surface area contributed by atoms with Gasteiger partial charge in [-0.3, -0.25) is 14.4 Å². The van der Waals surface area contributed by atoms with Crippen molar-refractivity contribution in [2.45, 2.75) is 19.1 Å². The Morgan fingerprint density at radius 2 is 1.62 bits per heavy atom. The molecule has 7 heteroatoms. The number of imide groups is 1.